The van der Waals surface area contributed by atoms with Crippen molar-refractivity contribution in [3.05, 3.63) is 40.4 Å². The van der Waals surface area contributed by atoms with Crippen molar-refractivity contribution in [2.45, 2.75) is 6.92 Å². The van der Waals surface area contributed by atoms with Crippen LogP contribution >= 0.6 is 15.9 Å². The Morgan fingerprint density at radius 3 is 2.76 bits per heavy atom. The number of halogens is 1. The highest BCUT2D eigenvalue weighted by Gasteiger charge is 2.14. The van der Waals surface area contributed by atoms with Crippen molar-refractivity contribution in [3.63, 3.8) is 0 Å². The fourth-order valence-electron chi connectivity index (χ4n) is 2.57. The lowest BCUT2D eigenvalue weighted by atomic mass is 10.2. The Hall–Kier alpha value is -2.01. The summed E-state index contributed by atoms with van der Waals surface area (Å²) in [4.78, 5) is 8.06. The van der Waals surface area contributed by atoms with Gasteiger partial charge < -0.3 is 14.5 Å². The normalized spacial score (nSPS) is 13.6. The molecule has 0 atom stereocenters. The number of hydrogen-bond acceptors (Lipinski definition) is 3. The first kappa shape index (κ1) is 12.7. The molecule has 0 saturated carbocycles. The van der Waals surface area contributed by atoms with Crippen LogP contribution < -0.4 is 9.47 Å². The number of aromatic nitrogens is 2. The Bertz CT molecular complexity index is 842. The van der Waals surface area contributed by atoms with Crippen LogP contribution in [-0.2, 0) is 0 Å². The largest absolute Gasteiger partial charge is 0.486 e. The molecule has 0 radical (unpaired) electrons. The minimum absolute atomic E-state index is 0.586. The predicted molar refractivity (Wildman–Crippen MR) is 85.0 cm³/mol. The molecule has 0 bridgehead atoms. The summed E-state index contributed by atoms with van der Waals surface area (Å²) in [6, 6.07) is 10.00. The number of aryl methyl sites for hydroxylation is 1. The van der Waals surface area contributed by atoms with E-state index in [1.165, 1.54) is 0 Å². The molecule has 4 rings (SSSR count). The van der Waals surface area contributed by atoms with Crippen LogP contribution in [0.2, 0.25) is 0 Å². The molecule has 5 heteroatoms. The summed E-state index contributed by atoms with van der Waals surface area (Å²) in [5.41, 5.74) is 4.14. The van der Waals surface area contributed by atoms with E-state index < -0.39 is 0 Å². The van der Waals surface area contributed by atoms with Crippen molar-refractivity contribution in [1.29, 1.82) is 0 Å². The molecule has 2 aromatic carbocycles. The van der Waals surface area contributed by atoms with E-state index in [0.29, 0.717) is 13.2 Å². The molecule has 0 spiro atoms. The monoisotopic (exact) mass is 344 g/mol. The number of hydrogen-bond donors (Lipinski definition) is 1. The summed E-state index contributed by atoms with van der Waals surface area (Å²) in [6.45, 7) is 3.24. The molecule has 1 aliphatic heterocycles. The molecule has 106 valence electrons. The van der Waals surface area contributed by atoms with Crippen LogP contribution in [0.1, 0.15) is 5.56 Å². The van der Waals surface area contributed by atoms with E-state index in [1.807, 2.05) is 24.3 Å². The van der Waals surface area contributed by atoms with Gasteiger partial charge in [0.25, 0.3) is 0 Å². The number of aromatic amines is 1. The summed E-state index contributed by atoms with van der Waals surface area (Å²) in [5, 5.41) is 0. The van der Waals surface area contributed by atoms with Gasteiger partial charge in [-0.15, -0.1) is 0 Å². The van der Waals surface area contributed by atoms with Gasteiger partial charge in [0.15, 0.2) is 11.5 Å². The molecular weight excluding hydrogens is 332 g/mol. The summed E-state index contributed by atoms with van der Waals surface area (Å²) in [7, 11) is 0. The zero-order valence-electron chi connectivity index (χ0n) is 11.4. The number of imidazole rings is 1. The molecule has 1 N–H and O–H groups in total. The summed E-state index contributed by atoms with van der Waals surface area (Å²) in [6.07, 6.45) is 0. The van der Waals surface area contributed by atoms with Gasteiger partial charge in [0.05, 0.1) is 11.0 Å². The van der Waals surface area contributed by atoms with Gasteiger partial charge in [-0.3, -0.25) is 0 Å². The molecule has 4 nitrogen and oxygen atoms in total. The van der Waals surface area contributed by atoms with Crippen LogP contribution in [0.4, 0.5) is 0 Å². The maximum Gasteiger partial charge on any atom is 0.162 e. The first-order valence-corrected chi connectivity index (χ1v) is 7.56. The van der Waals surface area contributed by atoms with Crippen LogP contribution in [0.5, 0.6) is 11.5 Å². The van der Waals surface area contributed by atoms with Crippen molar-refractivity contribution in [2.24, 2.45) is 0 Å². The van der Waals surface area contributed by atoms with E-state index in [1.54, 1.807) is 0 Å². The van der Waals surface area contributed by atoms with Crippen LogP contribution in [0.25, 0.3) is 22.4 Å². The quantitative estimate of drug-likeness (QED) is 0.723. The van der Waals surface area contributed by atoms with Crippen LogP contribution in [0.15, 0.2) is 34.8 Å². The molecule has 0 aliphatic carbocycles. The van der Waals surface area contributed by atoms with E-state index in [2.05, 4.69) is 33.9 Å². The van der Waals surface area contributed by atoms with Crippen molar-refractivity contribution in [2.75, 3.05) is 13.2 Å². The third-order valence-electron chi connectivity index (χ3n) is 3.56. The summed E-state index contributed by atoms with van der Waals surface area (Å²) in [5.74, 6) is 2.40. The molecule has 0 unspecified atom stereocenters. The number of H-pyrrole nitrogens is 1. The zero-order valence-corrected chi connectivity index (χ0v) is 13.0. The standard InChI is InChI=1S/C16H13BrN2O2/c1-9-6-11(17)8-12-15(9)19-16(18-12)10-2-3-13-14(7-10)21-5-4-20-13/h2-3,6-8H,4-5H2,1H3,(H,18,19). The highest BCUT2D eigenvalue weighted by atomic mass is 79.9. The van der Waals surface area contributed by atoms with Crippen LogP contribution in [0.3, 0.4) is 0 Å². The molecule has 0 saturated heterocycles. The van der Waals surface area contributed by atoms with Crippen LogP contribution in [-0.4, -0.2) is 23.2 Å². The lowest BCUT2D eigenvalue weighted by Gasteiger charge is -2.18. The maximum atomic E-state index is 5.63. The Kier molecular flexibility index (Phi) is 2.89. The third-order valence-corrected chi connectivity index (χ3v) is 4.02. The van der Waals surface area contributed by atoms with Gasteiger partial charge in [-0.25, -0.2) is 4.98 Å². The van der Waals surface area contributed by atoms with Gasteiger partial charge in [0.1, 0.15) is 19.0 Å². The second-order valence-electron chi connectivity index (χ2n) is 5.06. The Balaban J connectivity index is 1.84. The fourth-order valence-corrected chi connectivity index (χ4v) is 3.15. The number of ether oxygens (including phenoxy) is 2. The van der Waals surface area contributed by atoms with Gasteiger partial charge in [0.2, 0.25) is 0 Å². The van der Waals surface area contributed by atoms with Crippen molar-refractivity contribution < 1.29 is 9.47 Å². The van der Waals surface area contributed by atoms with Crippen LogP contribution in [0, 0.1) is 6.92 Å². The summed E-state index contributed by atoms with van der Waals surface area (Å²) >= 11 is 3.51. The van der Waals surface area contributed by atoms with E-state index in [4.69, 9.17) is 14.5 Å². The molecule has 0 amide bonds. The Morgan fingerprint density at radius 1 is 1.10 bits per heavy atom. The average molecular weight is 345 g/mol. The number of nitrogens with zero attached hydrogens (tertiary/aromatic N) is 1. The predicted octanol–water partition coefficient (Wildman–Crippen LogP) is 4.07. The second-order valence-corrected chi connectivity index (χ2v) is 5.98. The van der Waals surface area contributed by atoms with Crippen molar-refractivity contribution in [3.8, 4) is 22.9 Å². The Morgan fingerprint density at radius 2 is 1.90 bits per heavy atom. The number of rotatable bonds is 1. The smallest absolute Gasteiger partial charge is 0.162 e. The summed E-state index contributed by atoms with van der Waals surface area (Å²) < 4.78 is 12.2. The van der Waals surface area contributed by atoms with E-state index in [9.17, 15) is 0 Å². The maximum absolute atomic E-state index is 5.63. The minimum Gasteiger partial charge on any atom is -0.486 e. The molecule has 21 heavy (non-hydrogen) atoms. The fraction of sp³-hybridized carbons (Fsp3) is 0.188. The molecular formula is C16H13BrN2O2. The van der Waals surface area contributed by atoms with Gasteiger partial charge in [-0.1, -0.05) is 15.9 Å². The van der Waals surface area contributed by atoms with Crippen molar-refractivity contribution >= 4 is 27.0 Å². The first-order valence-electron chi connectivity index (χ1n) is 6.76. The minimum atomic E-state index is 0.586. The van der Waals surface area contributed by atoms with Crippen molar-refractivity contribution in [1.82, 2.24) is 9.97 Å². The number of benzene rings is 2. The molecule has 1 aromatic heterocycles. The zero-order chi connectivity index (χ0) is 14.4. The highest BCUT2D eigenvalue weighted by Crippen LogP contribution is 2.34. The second kappa shape index (κ2) is 4.77. The SMILES string of the molecule is Cc1cc(Br)cc2[nH]c(-c3ccc4c(c3)OCCO4)nc12. The van der Waals surface area contributed by atoms with Gasteiger partial charge in [0, 0.05) is 10.0 Å². The first-order chi connectivity index (χ1) is 10.2. The van der Waals surface area contributed by atoms with Gasteiger partial charge >= 0.3 is 0 Å². The topological polar surface area (TPSA) is 47.1 Å². The lowest BCUT2D eigenvalue weighted by molar-refractivity contribution is 0.171. The molecule has 1 aliphatic rings. The lowest BCUT2D eigenvalue weighted by Crippen LogP contribution is -2.15. The number of nitrogens with one attached hydrogen (secondary N) is 1. The van der Waals surface area contributed by atoms with Gasteiger partial charge in [-0.05, 0) is 42.8 Å². The number of fused-ring (bicyclic) bond motifs is 2. The van der Waals surface area contributed by atoms with E-state index in [0.717, 1.165) is 44.0 Å². The van der Waals surface area contributed by atoms with E-state index >= 15 is 0 Å². The Labute approximate surface area is 130 Å². The molecule has 2 heterocycles. The third kappa shape index (κ3) is 2.17. The average Bonchev–Trinajstić information content (AvgIpc) is 2.91. The molecule has 3 aromatic rings. The van der Waals surface area contributed by atoms with Gasteiger partial charge in [-0.2, -0.15) is 0 Å². The van der Waals surface area contributed by atoms with E-state index in [-0.39, 0.29) is 0 Å². The highest BCUT2D eigenvalue weighted by molar-refractivity contribution is 9.10. The molecule has 0 fully saturated rings.